The molecule has 1 nitrogen and oxygen atoms in total. The van der Waals surface area contributed by atoms with Crippen molar-refractivity contribution in [2.75, 3.05) is 6.61 Å². The van der Waals surface area contributed by atoms with Gasteiger partial charge in [-0.25, -0.2) is 0 Å². The van der Waals surface area contributed by atoms with E-state index in [0.29, 0.717) is 12.0 Å². The molecule has 0 radical (unpaired) electrons. The lowest BCUT2D eigenvalue weighted by atomic mass is 10.1. The van der Waals surface area contributed by atoms with E-state index in [9.17, 15) is 0 Å². The van der Waals surface area contributed by atoms with Gasteiger partial charge in [0.05, 0.1) is 0 Å². The molecule has 0 rings (SSSR count). The second-order valence-electron chi connectivity index (χ2n) is 3.41. The van der Waals surface area contributed by atoms with Gasteiger partial charge in [0.25, 0.3) is 0 Å². The topological polar surface area (TPSA) is 20.2 Å². The minimum atomic E-state index is 0.336. The normalized spacial score (nSPS) is 13.2. The van der Waals surface area contributed by atoms with Crippen molar-refractivity contribution in [3.8, 4) is 0 Å². The fraction of sp³-hybridized carbons (Fsp3) is 1.00. The average Bonchev–Trinajstić information content (AvgIpc) is 2.02. The summed E-state index contributed by atoms with van der Waals surface area (Å²) in [6.07, 6.45) is 8.38. The third-order valence-electron chi connectivity index (χ3n) is 2.01. The van der Waals surface area contributed by atoms with E-state index >= 15 is 0 Å². The van der Waals surface area contributed by atoms with Crippen LogP contribution >= 0.6 is 11.6 Å². The Kier molecular flexibility index (Phi) is 9.53. The first kappa shape index (κ1) is 12.2. The van der Waals surface area contributed by atoms with Crippen molar-refractivity contribution in [3.63, 3.8) is 0 Å². The molecule has 0 aromatic carbocycles. The van der Waals surface area contributed by atoms with E-state index < -0.39 is 0 Å². The van der Waals surface area contributed by atoms with Crippen molar-refractivity contribution in [2.45, 2.75) is 57.2 Å². The second kappa shape index (κ2) is 9.34. The van der Waals surface area contributed by atoms with Crippen LogP contribution in [0.3, 0.4) is 0 Å². The summed E-state index contributed by atoms with van der Waals surface area (Å²) in [7, 11) is 0. The van der Waals surface area contributed by atoms with Crippen LogP contribution in [0.1, 0.15) is 51.9 Å². The monoisotopic (exact) mass is 192 g/mol. The van der Waals surface area contributed by atoms with Gasteiger partial charge in [-0.05, 0) is 19.8 Å². The molecule has 0 fully saturated rings. The van der Waals surface area contributed by atoms with Gasteiger partial charge in [0.1, 0.15) is 0 Å². The first-order valence-corrected chi connectivity index (χ1v) is 5.46. The fourth-order valence-electron chi connectivity index (χ4n) is 1.24. The molecule has 2 heteroatoms. The molecule has 74 valence electrons. The molecule has 1 N–H and O–H groups in total. The third kappa shape index (κ3) is 10.2. The van der Waals surface area contributed by atoms with Crippen molar-refractivity contribution in [2.24, 2.45) is 0 Å². The molecule has 0 aliphatic rings. The molecule has 0 aliphatic heterocycles. The van der Waals surface area contributed by atoms with Crippen molar-refractivity contribution < 1.29 is 5.11 Å². The summed E-state index contributed by atoms with van der Waals surface area (Å²) in [4.78, 5) is 0. The average molecular weight is 193 g/mol. The Morgan fingerprint density at radius 3 is 2.00 bits per heavy atom. The molecule has 0 unspecified atom stereocenters. The fourth-order valence-corrected chi connectivity index (χ4v) is 1.40. The highest BCUT2D eigenvalue weighted by Crippen LogP contribution is 2.10. The number of rotatable bonds is 8. The zero-order valence-electron chi connectivity index (χ0n) is 8.06. The highest BCUT2D eigenvalue weighted by Gasteiger charge is 1.95. The van der Waals surface area contributed by atoms with Crippen molar-refractivity contribution >= 4 is 11.6 Å². The van der Waals surface area contributed by atoms with Crippen LogP contribution in [0.5, 0.6) is 0 Å². The molecule has 0 aromatic heterocycles. The second-order valence-corrected chi connectivity index (χ2v) is 4.16. The maximum absolute atomic E-state index is 8.52. The summed E-state index contributed by atoms with van der Waals surface area (Å²) in [6.45, 7) is 2.39. The van der Waals surface area contributed by atoms with Crippen molar-refractivity contribution in [1.82, 2.24) is 0 Å². The summed E-state index contributed by atoms with van der Waals surface area (Å²) in [5.41, 5.74) is 0. The highest BCUT2D eigenvalue weighted by molar-refractivity contribution is 6.20. The first-order valence-electron chi connectivity index (χ1n) is 5.02. The molecule has 0 saturated carbocycles. The van der Waals surface area contributed by atoms with Crippen LogP contribution in [0.2, 0.25) is 0 Å². The third-order valence-corrected chi connectivity index (χ3v) is 2.23. The van der Waals surface area contributed by atoms with E-state index in [-0.39, 0.29) is 0 Å². The predicted molar refractivity (Wildman–Crippen MR) is 54.7 cm³/mol. The van der Waals surface area contributed by atoms with E-state index in [1.807, 2.05) is 6.92 Å². The zero-order valence-corrected chi connectivity index (χ0v) is 8.82. The molecular weight excluding hydrogens is 172 g/mol. The van der Waals surface area contributed by atoms with Gasteiger partial charge in [-0.1, -0.05) is 32.1 Å². The Morgan fingerprint density at radius 1 is 1.00 bits per heavy atom. The summed E-state index contributed by atoms with van der Waals surface area (Å²) in [5, 5.41) is 8.86. The lowest BCUT2D eigenvalue weighted by molar-refractivity contribution is 0.282. The Bertz CT molecular complexity index is 83.9. The van der Waals surface area contributed by atoms with Gasteiger partial charge in [0.15, 0.2) is 0 Å². The predicted octanol–water partition coefficient (Wildman–Crippen LogP) is 3.34. The van der Waals surface area contributed by atoms with Gasteiger partial charge in [-0.15, -0.1) is 11.6 Å². The SMILES string of the molecule is C[C@@H](Cl)CCCCCCCCO. The maximum atomic E-state index is 8.52. The highest BCUT2D eigenvalue weighted by atomic mass is 35.5. The summed E-state index contributed by atoms with van der Waals surface area (Å²) in [6, 6.07) is 0. The molecule has 0 amide bonds. The molecular formula is C10H21ClO. The van der Waals surface area contributed by atoms with Gasteiger partial charge >= 0.3 is 0 Å². The number of halogens is 1. The van der Waals surface area contributed by atoms with Gasteiger partial charge in [0, 0.05) is 12.0 Å². The van der Waals surface area contributed by atoms with E-state index in [0.717, 1.165) is 12.8 Å². The van der Waals surface area contributed by atoms with Crippen LogP contribution in [0.15, 0.2) is 0 Å². The van der Waals surface area contributed by atoms with E-state index in [2.05, 4.69) is 0 Å². The molecule has 0 aromatic rings. The molecule has 0 aliphatic carbocycles. The van der Waals surface area contributed by atoms with Crippen LogP contribution in [0.25, 0.3) is 0 Å². The van der Waals surface area contributed by atoms with Crippen molar-refractivity contribution in [1.29, 1.82) is 0 Å². The number of alkyl halides is 1. The first-order chi connectivity index (χ1) is 5.77. The number of aliphatic hydroxyl groups is 1. The smallest absolute Gasteiger partial charge is 0.0431 e. The minimum Gasteiger partial charge on any atom is -0.396 e. The van der Waals surface area contributed by atoms with Gasteiger partial charge in [0.2, 0.25) is 0 Å². The standard InChI is InChI=1S/C10H21ClO/c1-10(11)8-6-4-2-3-5-7-9-12/h10,12H,2-9H2,1H3/t10-/m1/s1. The van der Waals surface area contributed by atoms with Crippen LogP contribution < -0.4 is 0 Å². The Morgan fingerprint density at radius 2 is 1.50 bits per heavy atom. The van der Waals surface area contributed by atoms with Crippen LogP contribution in [-0.4, -0.2) is 17.1 Å². The Labute approximate surface area is 81.1 Å². The van der Waals surface area contributed by atoms with Gasteiger partial charge < -0.3 is 5.11 Å². The Balaban J connectivity index is 2.82. The van der Waals surface area contributed by atoms with Crippen LogP contribution in [0.4, 0.5) is 0 Å². The molecule has 0 spiro atoms. The number of hydrogen-bond donors (Lipinski definition) is 1. The summed E-state index contributed by atoms with van der Waals surface area (Å²) >= 11 is 5.81. The number of hydrogen-bond acceptors (Lipinski definition) is 1. The van der Waals surface area contributed by atoms with E-state index in [1.54, 1.807) is 0 Å². The quantitative estimate of drug-likeness (QED) is 0.462. The largest absolute Gasteiger partial charge is 0.396 e. The lowest BCUT2D eigenvalue weighted by Gasteiger charge is -2.02. The molecule has 12 heavy (non-hydrogen) atoms. The number of aliphatic hydroxyl groups excluding tert-OH is 1. The van der Waals surface area contributed by atoms with Gasteiger partial charge in [-0.3, -0.25) is 0 Å². The van der Waals surface area contributed by atoms with Crippen molar-refractivity contribution in [3.05, 3.63) is 0 Å². The summed E-state index contributed by atoms with van der Waals surface area (Å²) < 4.78 is 0. The molecule has 0 bridgehead atoms. The number of unbranched alkanes of at least 4 members (excludes halogenated alkanes) is 5. The molecule has 0 heterocycles. The van der Waals surface area contributed by atoms with Crippen LogP contribution in [-0.2, 0) is 0 Å². The lowest BCUT2D eigenvalue weighted by Crippen LogP contribution is -1.90. The van der Waals surface area contributed by atoms with Gasteiger partial charge in [-0.2, -0.15) is 0 Å². The maximum Gasteiger partial charge on any atom is 0.0431 e. The van der Waals surface area contributed by atoms with Crippen LogP contribution in [0, 0.1) is 0 Å². The molecule has 0 saturated heterocycles. The van der Waals surface area contributed by atoms with E-state index in [1.165, 1.54) is 32.1 Å². The van der Waals surface area contributed by atoms with E-state index in [4.69, 9.17) is 16.7 Å². The zero-order chi connectivity index (χ0) is 9.23. The Hall–Kier alpha value is 0.250. The minimum absolute atomic E-state index is 0.336. The summed E-state index contributed by atoms with van der Waals surface area (Å²) in [5.74, 6) is 0. The molecule has 1 atom stereocenters.